The first-order valence-corrected chi connectivity index (χ1v) is 9.86. The van der Waals surface area contributed by atoms with E-state index in [1.54, 1.807) is 6.20 Å². The Labute approximate surface area is 158 Å². The fourth-order valence-corrected chi connectivity index (χ4v) is 4.88. The molecular formula is C19H27N5O3. The van der Waals surface area contributed by atoms with Crippen molar-refractivity contribution in [3.05, 3.63) is 17.5 Å². The van der Waals surface area contributed by atoms with Crippen molar-refractivity contribution in [2.75, 3.05) is 6.54 Å². The largest absolute Gasteiger partial charge is 0.348 e. The lowest BCUT2D eigenvalue weighted by molar-refractivity contribution is -0.137. The minimum Gasteiger partial charge on any atom is -0.348 e. The zero-order valence-corrected chi connectivity index (χ0v) is 16.0. The van der Waals surface area contributed by atoms with Gasteiger partial charge in [0.1, 0.15) is 12.1 Å². The van der Waals surface area contributed by atoms with Crippen molar-refractivity contribution in [3.63, 3.8) is 0 Å². The molecule has 1 aromatic rings. The number of fused-ring (bicyclic) bond motifs is 1. The molecule has 0 bridgehead atoms. The highest BCUT2D eigenvalue weighted by atomic mass is 16.2. The van der Waals surface area contributed by atoms with Gasteiger partial charge in [0.05, 0.1) is 12.2 Å². The number of nitrogens with one attached hydrogen (secondary N) is 2. The van der Waals surface area contributed by atoms with Gasteiger partial charge in [0.2, 0.25) is 5.91 Å². The number of nitrogens with zero attached hydrogens (tertiary/aromatic N) is 3. The van der Waals surface area contributed by atoms with Crippen LogP contribution < -0.4 is 10.6 Å². The summed E-state index contributed by atoms with van der Waals surface area (Å²) >= 11 is 0. The van der Waals surface area contributed by atoms with Crippen LogP contribution in [0, 0.1) is 5.92 Å². The maximum absolute atomic E-state index is 13.0. The molecule has 2 fully saturated rings. The monoisotopic (exact) mass is 373 g/mol. The first-order chi connectivity index (χ1) is 12.9. The lowest BCUT2D eigenvalue weighted by Crippen LogP contribution is -2.54. The molecule has 3 atom stereocenters. The number of carbonyl (C=O) groups excluding carboxylic acids is 3. The van der Waals surface area contributed by atoms with Crippen LogP contribution in [0.4, 0.5) is 4.79 Å². The van der Waals surface area contributed by atoms with Gasteiger partial charge in [-0.3, -0.25) is 19.2 Å². The second kappa shape index (κ2) is 6.65. The predicted molar refractivity (Wildman–Crippen MR) is 97.6 cm³/mol. The molecule has 27 heavy (non-hydrogen) atoms. The van der Waals surface area contributed by atoms with Crippen LogP contribution in [-0.4, -0.2) is 44.6 Å². The fraction of sp³-hybridized carbons (Fsp3) is 0.684. The molecule has 146 valence electrons. The summed E-state index contributed by atoms with van der Waals surface area (Å²) in [6.07, 6.45) is 8.12. The fourth-order valence-electron chi connectivity index (χ4n) is 4.88. The van der Waals surface area contributed by atoms with Crippen LogP contribution in [0.3, 0.4) is 0 Å². The molecule has 1 spiro atoms. The van der Waals surface area contributed by atoms with E-state index in [0.717, 1.165) is 54.7 Å². The van der Waals surface area contributed by atoms with Gasteiger partial charge in [-0.05, 0) is 38.0 Å². The van der Waals surface area contributed by atoms with Crippen molar-refractivity contribution >= 4 is 17.8 Å². The van der Waals surface area contributed by atoms with E-state index in [1.807, 2.05) is 18.7 Å². The summed E-state index contributed by atoms with van der Waals surface area (Å²) in [5, 5.41) is 10.2. The van der Waals surface area contributed by atoms with Crippen LogP contribution in [0.25, 0.3) is 0 Å². The third kappa shape index (κ3) is 2.91. The first kappa shape index (κ1) is 18.0. The zero-order chi connectivity index (χ0) is 19.2. The van der Waals surface area contributed by atoms with Crippen LogP contribution in [0.15, 0.2) is 6.20 Å². The molecule has 0 radical (unpaired) electrons. The maximum Gasteiger partial charge on any atom is 0.325 e. The lowest BCUT2D eigenvalue weighted by Gasteiger charge is -2.36. The van der Waals surface area contributed by atoms with Gasteiger partial charge in [0, 0.05) is 18.3 Å². The highest BCUT2D eigenvalue weighted by molar-refractivity contribution is 6.09. The highest BCUT2D eigenvalue weighted by Gasteiger charge is 2.55. The normalized spacial score (nSPS) is 30.4. The topological polar surface area (TPSA) is 96.3 Å². The number of hydrogen-bond acceptors (Lipinski definition) is 4. The molecule has 1 saturated heterocycles. The van der Waals surface area contributed by atoms with Gasteiger partial charge >= 0.3 is 6.03 Å². The van der Waals surface area contributed by atoms with Gasteiger partial charge in [-0.1, -0.05) is 19.8 Å². The molecular weight excluding hydrogens is 346 g/mol. The summed E-state index contributed by atoms with van der Waals surface area (Å²) in [5.74, 6) is -0.465. The third-order valence-corrected chi connectivity index (χ3v) is 6.51. The van der Waals surface area contributed by atoms with E-state index in [1.165, 1.54) is 0 Å². The summed E-state index contributed by atoms with van der Waals surface area (Å²) in [7, 11) is 1.90. The number of urea groups is 1. The molecule has 8 nitrogen and oxygen atoms in total. The van der Waals surface area contributed by atoms with Crippen LogP contribution in [0.2, 0.25) is 0 Å². The van der Waals surface area contributed by atoms with Crippen LogP contribution >= 0.6 is 0 Å². The van der Waals surface area contributed by atoms with Crippen LogP contribution in [0.1, 0.15) is 62.7 Å². The molecule has 3 unspecified atom stereocenters. The summed E-state index contributed by atoms with van der Waals surface area (Å²) in [4.78, 5) is 39.1. The van der Waals surface area contributed by atoms with Gasteiger partial charge in [0.25, 0.3) is 5.91 Å². The average molecular weight is 373 g/mol. The number of imide groups is 1. The van der Waals surface area contributed by atoms with Gasteiger partial charge in [0.15, 0.2) is 0 Å². The van der Waals surface area contributed by atoms with Gasteiger partial charge in [-0.25, -0.2) is 4.79 Å². The van der Waals surface area contributed by atoms with E-state index in [-0.39, 0.29) is 30.3 Å². The Hall–Kier alpha value is -2.38. The van der Waals surface area contributed by atoms with Crippen molar-refractivity contribution in [3.8, 4) is 0 Å². The number of aryl methyl sites for hydroxylation is 1. The first-order valence-electron chi connectivity index (χ1n) is 9.86. The van der Waals surface area contributed by atoms with E-state index >= 15 is 0 Å². The molecule has 2 aliphatic carbocycles. The van der Waals surface area contributed by atoms with Gasteiger partial charge in [-0.15, -0.1) is 0 Å². The average Bonchev–Trinajstić information content (AvgIpc) is 3.13. The molecule has 3 aliphatic rings. The summed E-state index contributed by atoms with van der Waals surface area (Å²) in [5.41, 5.74) is 1.35. The summed E-state index contributed by atoms with van der Waals surface area (Å²) in [6, 6.07) is -0.562. The molecule has 1 aliphatic heterocycles. The Kier molecular flexibility index (Phi) is 4.44. The molecule has 2 heterocycles. The Bertz CT molecular complexity index is 788. The lowest BCUT2D eigenvalue weighted by atomic mass is 9.73. The van der Waals surface area contributed by atoms with Gasteiger partial charge in [-0.2, -0.15) is 5.10 Å². The number of carbonyl (C=O) groups is 3. The van der Waals surface area contributed by atoms with Crippen molar-refractivity contribution in [1.82, 2.24) is 25.3 Å². The molecule has 8 heteroatoms. The molecule has 1 aromatic heterocycles. The molecule has 4 amide bonds. The van der Waals surface area contributed by atoms with Crippen molar-refractivity contribution in [2.45, 2.75) is 63.5 Å². The van der Waals surface area contributed by atoms with Gasteiger partial charge < -0.3 is 10.6 Å². The van der Waals surface area contributed by atoms with Crippen molar-refractivity contribution in [2.24, 2.45) is 13.0 Å². The second-order valence-corrected chi connectivity index (χ2v) is 8.12. The van der Waals surface area contributed by atoms with E-state index in [2.05, 4.69) is 15.7 Å². The predicted octanol–water partition coefficient (Wildman–Crippen LogP) is 1.41. The van der Waals surface area contributed by atoms with Crippen molar-refractivity contribution < 1.29 is 14.4 Å². The van der Waals surface area contributed by atoms with E-state index in [9.17, 15) is 14.4 Å². The zero-order valence-electron chi connectivity index (χ0n) is 16.0. The molecule has 2 N–H and O–H groups in total. The molecule has 0 aromatic carbocycles. The quantitative estimate of drug-likeness (QED) is 0.783. The Morgan fingerprint density at radius 2 is 2.15 bits per heavy atom. The second-order valence-electron chi connectivity index (χ2n) is 8.12. The minimum atomic E-state index is -0.822. The number of rotatable bonds is 3. The Morgan fingerprint density at radius 1 is 1.33 bits per heavy atom. The number of hydrogen-bond donors (Lipinski definition) is 2. The number of aromatic nitrogens is 2. The Morgan fingerprint density at radius 3 is 2.93 bits per heavy atom. The third-order valence-electron chi connectivity index (χ3n) is 6.51. The summed E-state index contributed by atoms with van der Waals surface area (Å²) < 4.78 is 1.85. The molecule has 4 rings (SSSR count). The minimum absolute atomic E-state index is 0.0899. The van der Waals surface area contributed by atoms with Crippen molar-refractivity contribution in [1.29, 1.82) is 0 Å². The molecule has 1 saturated carbocycles. The van der Waals surface area contributed by atoms with E-state index in [4.69, 9.17) is 0 Å². The smallest absolute Gasteiger partial charge is 0.325 e. The maximum atomic E-state index is 13.0. The van der Waals surface area contributed by atoms with Crippen LogP contribution in [0.5, 0.6) is 0 Å². The summed E-state index contributed by atoms with van der Waals surface area (Å²) in [6.45, 7) is 1.78. The number of amides is 4. The highest BCUT2D eigenvalue weighted by Crippen LogP contribution is 2.38. The van der Waals surface area contributed by atoms with E-state index in [0.29, 0.717) is 6.42 Å². The Balaban J connectivity index is 1.44. The van der Waals surface area contributed by atoms with E-state index < -0.39 is 11.6 Å². The van der Waals surface area contributed by atoms with Crippen LogP contribution in [-0.2, 0) is 23.1 Å². The standard InChI is InChI=1S/C19H27N5O3/c1-12-6-3-4-9-19(12)17(26)24(18(27)22-19)11-16(25)21-14-7-5-8-15-13(14)10-20-23(15)2/h10,12,14H,3-9,11H2,1-2H3,(H,21,25)(H,22,27). The SMILES string of the molecule is CC1CCCCC12NC(=O)N(CC(=O)NC1CCCc3c1cnn3C)C2=O.